The van der Waals surface area contributed by atoms with Crippen molar-refractivity contribution in [1.29, 1.82) is 0 Å². The first-order chi connectivity index (χ1) is 42.6. The molecule has 2 atom stereocenters. The van der Waals surface area contributed by atoms with Crippen molar-refractivity contribution in [3.05, 3.63) is 72.9 Å². The number of carbonyl (C=O) groups is 3. The Balaban J connectivity index is 4.03. The molecule has 2 unspecified atom stereocenters. The van der Waals surface area contributed by atoms with Gasteiger partial charge in [0.05, 0.1) is 40.3 Å². The lowest BCUT2D eigenvalue weighted by Gasteiger charge is -2.26. The van der Waals surface area contributed by atoms with Crippen LogP contribution in [0.3, 0.4) is 0 Å². The molecular formula is C78H141NO8. The molecule has 0 aromatic heterocycles. The largest absolute Gasteiger partial charge is 0.545 e. The van der Waals surface area contributed by atoms with Gasteiger partial charge in [-0.15, -0.1) is 0 Å². The molecule has 0 aliphatic carbocycles. The van der Waals surface area contributed by atoms with Crippen LogP contribution in [0.1, 0.15) is 348 Å². The number of rotatable bonds is 69. The number of hydrogen-bond donors (Lipinski definition) is 0. The SMILES string of the molecule is CC/C=C\C/C=C\C/C=C\C/C=C\C/C=C\C/C=C\CCCCCCCCCCCCCCCCCCCCC(=O)OC(COC(=O)CCCCCCCCCCCCCCCCCCCCCCCCCCC)COC(OCC[N+](C)(C)C)C(=O)[O-]. The molecule has 0 aliphatic heterocycles. The standard InChI is InChI=1S/C78H141NO8/c1-6-8-10-12-14-16-18-20-22-24-26-28-30-32-33-34-35-36-37-38-39-40-41-42-43-45-47-49-51-53-55-57-59-61-63-65-67-69-76(81)87-74(73-86-78(77(82)83)84-71-70-79(3,4)5)72-85-75(80)68-66-64-62-60-58-56-54-52-50-48-46-44-31-29-27-25-23-21-19-17-15-13-11-9-7-2/h8,10,14,16,20,22,26,28,32-33,35-36,74,78H,6-7,9,11-13,15,17-19,21,23-25,27,29-31,34,37-73H2,1-5H3/b10-8-,16-14-,22-20-,28-26-,33-32-,36-35-. The van der Waals surface area contributed by atoms with Crippen LogP contribution in [0.5, 0.6) is 0 Å². The highest BCUT2D eigenvalue weighted by molar-refractivity contribution is 5.70. The predicted octanol–water partition coefficient (Wildman–Crippen LogP) is 21.9. The monoisotopic (exact) mass is 1220 g/mol. The van der Waals surface area contributed by atoms with E-state index in [-0.39, 0.29) is 32.2 Å². The average Bonchev–Trinajstić information content (AvgIpc) is 3.57. The van der Waals surface area contributed by atoms with E-state index in [1.165, 1.54) is 244 Å². The number of carboxylic acids is 1. The van der Waals surface area contributed by atoms with Gasteiger partial charge < -0.3 is 33.3 Å². The van der Waals surface area contributed by atoms with E-state index in [0.29, 0.717) is 23.9 Å². The molecule has 506 valence electrons. The fourth-order valence-corrected chi connectivity index (χ4v) is 10.8. The highest BCUT2D eigenvalue weighted by atomic mass is 16.7. The highest BCUT2D eigenvalue weighted by Crippen LogP contribution is 2.19. The normalized spacial score (nSPS) is 13.1. The number of allylic oxidation sites excluding steroid dienone is 12. The molecule has 0 heterocycles. The van der Waals surface area contributed by atoms with Crippen molar-refractivity contribution in [2.24, 2.45) is 0 Å². The Morgan fingerprint density at radius 3 is 0.977 bits per heavy atom. The van der Waals surface area contributed by atoms with Crippen LogP contribution in [-0.4, -0.2) is 82.3 Å². The maximum atomic E-state index is 13.0. The quantitative estimate of drug-likeness (QED) is 0.0195. The Bertz CT molecular complexity index is 1660. The van der Waals surface area contributed by atoms with Crippen molar-refractivity contribution in [3.8, 4) is 0 Å². The number of hydrogen-bond acceptors (Lipinski definition) is 8. The smallest absolute Gasteiger partial charge is 0.306 e. The zero-order chi connectivity index (χ0) is 63.3. The van der Waals surface area contributed by atoms with Crippen LogP contribution in [0.2, 0.25) is 0 Å². The second-order valence-corrected chi connectivity index (χ2v) is 26.2. The third-order valence-electron chi connectivity index (χ3n) is 16.5. The van der Waals surface area contributed by atoms with Gasteiger partial charge in [0.2, 0.25) is 0 Å². The summed E-state index contributed by atoms with van der Waals surface area (Å²) in [4.78, 5) is 37.5. The molecule has 0 aromatic carbocycles. The molecule has 0 fully saturated rings. The first-order valence-electron chi connectivity index (χ1n) is 37.1. The second kappa shape index (κ2) is 68.6. The van der Waals surface area contributed by atoms with Crippen LogP contribution >= 0.6 is 0 Å². The van der Waals surface area contributed by atoms with Gasteiger partial charge >= 0.3 is 11.9 Å². The van der Waals surface area contributed by atoms with Crippen molar-refractivity contribution in [1.82, 2.24) is 0 Å². The molecule has 87 heavy (non-hydrogen) atoms. The van der Waals surface area contributed by atoms with Gasteiger partial charge in [0, 0.05) is 12.8 Å². The molecule has 0 bridgehead atoms. The lowest BCUT2D eigenvalue weighted by Crippen LogP contribution is -2.44. The summed E-state index contributed by atoms with van der Waals surface area (Å²) in [6, 6.07) is 0. The molecule has 0 saturated carbocycles. The third kappa shape index (κ3) is 70.1. The van der Waals surface area contributed by atoms with E-state index in [9.17, 15) is 19.5 Å². The Kier molecular flexibility index (Phi) is 66.1. The minimum absolute atomic E-state index is 0.149. The van der Waals surface area contributed by atoms with Crippen LogP contribution < -0.4 is 5.11 Å². The first-order valence-corrected chi connectivity index (χ1v) is 37.1. The van der Waals surface area contributed by atoms with E-state index in [1.54, 1.807) is 0 Å². The number of esters is 2. The van der Waals surface area contributed by atoms with Crippen molar-refractivity contribution in [2.45, 2.75) is 360 Å². The minimum atomic E-state index is -1.62. The zero-order valence-corrected chi connectivity index (χ0v) is 57.9. The van der Waals surface area contributed by atoms with Gasteiger partial charge in [-0.05, 0) is 64.2 Å². The van der Waals surface area contributed by atoms with Gasteiger partial charge in [0.1, 0.15) is 13.2 Å². The Labute approximate surface area is 538 Å². The van der Waals surface area contributed by atoms with Crippen LogP contribution in [0.4, 0.5) is 0 Å². The molecule has 0 amide bonds. The Morgan fingerprint density at radius 1 is 0.356 bits per heavy atom. The van der Waals surface area contributed by atoms with E-state index in [4.69, 9.17) is 18.9 Å². The van der Waals surface area contributed by atoms with Gasteiger partial charge in [0.25, 0.3) is 0 Å². The van der Waals surface area contributed by atoms with Gasteiger partial charge in [-0.1, -0.05) is 344 Å². The molecule has 0 N–H and O–H groups in total. The average molecular weight is 1220 g/mol. The topological polar surface area (TPSA) is 111 Å². The van der Waals surface area contributed by atoms with Crippen molar-refractivity contribution < 1.29 is 42.9 Å². The molecular weight excluding hydrogens is 1080 g/mol. The van der Waals surface area contributed by atoms with Crippen molar-refractivity contribution >= 4 is 17.9 Å². The van der Waals surface area contributed by atoms with Crippen LogP contribution in [-0.2, 0) is 33.3 Å². The summed E-state index contributed by atoms with van der Waals surface area (Å²) < 4.78 is 22.8. The summed E-state index contributed by atoms with van der Waals surface area (Å²) in [6.07, 6.45) is 88.6. The molecule has 9 nitrogen and oxygen atoms in total. The molecule has 0 saturated heterocycles. The van der Waals surface area contributed by atoms with Gasteiger partial charge in [-0.2, -0.15) is 0 Å². The number of likely N-dealkylation sites (N-methyl/N-ethyl adjacent to an activating group) is 1. The summed E-state index contributed by atoms with van der Waals surface area (Å²) in [5.41, 5.74) is 0. The van der Waals surface area contributed by atoms with E-state index < -0.39 is 24.3 Å². The Hall–Kier alpha value is -3.27. The van der Waals surface area contributed by atoms with Gasteiger partial charge in [0.15, 0.2) is 12.4 Å². The van der Waals surface area contributed by atoms with Crippen molar-refractivity contribution in [2.75, 3.05) is 47.5 Å². The summed E-state index contributed by atoms with van der Waals surface area (Å²) >= 11 is 0. The zero-order valence-electron chi connectivity index (χ0n) is 57.9. The Morgan fingerprint density at radius 2 is 0.655 bits per heavy atom. The lowest BCUT2D eigenvalue weighted by molar-refractivity contribution is -0.870. The van der Waals surface area contributed by atoms with E-state index in [0.717, 1.165) is 70.6 Å². The van der Waals surface area contributed by atoms with Crippen LogP contribution in [0, 0.1) is 0 Å². The van der Waals surface area contributed by atoms with Gasteiger partial charge in [-0.3, -0.25) is 9.59 Å². The summed E-state index contributed by atoms with van der Waals surface area (Å²) in [5, 5.41) is 11.8. The molecule has 0 radical (unpaired) electrons. The number of carboxylic acid groups (broad SMARTS) is 1. The molecule has 9 heteroatoms. The van der Waals surface area contributed by atoms with Crippen LogP contribution in [0.15, 0.2) is 72.9 Å². The maximum absolute atomic E-state index is 13.0. The first kappa shape index (κ1) is 83.7. The molecule has 0 spiro atoms. The number of ether oxygens (including phenoxy) is 4. The predicted molar refractivity (Wildman–Crippen MR) is 371 cm³/mol. The van der Waals surface area contributed by atoms with E-state index in [1.807, 2.05) is 21.1 Å². The lowest BCUT2D eigenvalue weighted by atomic mass is 10.0. The summed E-state index contributed by atoms with van der Waals surface area (Å²) in [5.74, 6) is -2.26. The fraction of sp³-hybridized carbons (Fsp3) is 0.808. The van der Waals surface area contributed by atoms with Gasteiger partial charge in [-0.25, -0.2) is 0 Å². The van der Waals surface area contributed by atoms with E-state index in [2.05, 4.69) is 86.8 Å². The molecule has 0 aromatic rings. The number of nitrogens with zero attached hydrogens (tertiary/aromatic N) is 1. The van der Waals surface area contributed by atoms with E-state index >= 15 is 0 Å². The molecule has 0 rings (SSSR count). The fourth-order valence-electron chi connectivity index (χ4n) is 10.8. The number of aliphatic carboxylic acids is 1. The second-order valence-electron chi connectivity index (χ2n) is 26.2. The van der Waals surface area contributed by atoms with Crippen molar-refractivity contribution in [3.63, 3.8) is 0 Å². The third-order valence-corrected chi connectivity index (χ3v) is 16.5. The van der Waals surface area contributed by atoms with Crippen LogP contribution in [0.25, 0.3) is 0 Å². The maximum Gasteiger partial charge on any atom is 0.306 e. The summed E-state index contributed by atoms with van der Waals surface area (Å²) in [7, 11) is 5.94. The number of quaternary nitrogens is 1. The summed E-state index contributed by atoms with van der Waals surface area (Å²) in [6.45, 7) is 4.70. The minimum Gasteiger partial charge on any atom is -0.545 e. The number of unbranched alkanes of at least 4 members (excludes halogenated alkanes) is 42. The number of carbonyl (C=O) groups excluding carboxylic acids is 3. The molecule has 0 aliphatic rings. The highest BCUT2D eigenvalue weighted by Gasteiger charge is 2.22.